The average molecular weight is 475 g/mol. The van der Waals surface area contributed by atoms with Crippen LogP contribution >= 0.6 is 34.5 Å². The van der Waals surface area contributed by atoms with Crippen LogP contribution < -0.4 is 10.6 Å². The first-order chi connectivity index (χ1) is 14.7. The van der Waals surface area contributed by atoms with Gasteiger partial charge in [-0.3, -0.25) is 4.79 Å². The quantitative estimate of drug-likeness (QED) is 0.408. The number of carbonyl (C=O) groups excluding carboxylic acids is 1. The highest BCUT2D eigenvalue weighted by molar-refractivity contribution is 7.16. The van der Waals surface area contributed by atoms with Crippen LogP contribution in [0.25, 0.3) is 11.3 Å². The summed E-state index contributed by atoms with van der Waals surface area (Å²) in [6, 6.07) is 9.15. The molecule has 0 bridgehead atoms. The maximum atomic E-state index is 13.0. The van der Waals surface area contributed by atoms with E-state index in [1.54, 1.807) is 17.4 Å². The summed E-state index contributed by atoms with van der Waals surface area (Å²) in [5, 5.41) is 8.40. The number of furan rings is 1. The number of hydrogen-bond donors (Lipinski definition) is 2. The smallest absolute Gasteiger partial charge is 0.256 e. The number of thiophene rings is 1. The van der Waals surface area contributed by atoms with E-state index in [9.17, 15) is 4.79 Å². The van der Waals surface area contributed by atoms with Crippen LogP contribution in [-0.2, 0) is 12.8 Å². The predicted octanol–water partition coefficient (Wildman–Crippen LogP) is 7.32. The highest BCUT2D eigenvalue weighted by atomic mass is 35.5. The summed E-state index contributed by atoms with van der Waals surface area (Å²) in [6.07, 6.45) is 2.69. The average Bonchev–Trinajstić information content (AvgIpc) is 3.33. The van der Waals surface area contributed by atoms with E-state index >= 15 is 0 Å². The van der Waals surface area contributed by atoms with Crippen LogP contribution in [0.5, 0.6) is 0 Å². The molecule has 0 saturated carbocycles. The zero-order chi connectivity index (χ0) is 21.9. The lowest BCUT2D eigenvalue weighted by Gasteiger charge is -2.34. The minimum Gasteiger partial charge on any atom is -0.457 e. The Kier molecular flexibility index (Phi) is 5.11. The molecule has 7 heteroatoms. The molecule has 31 heavy (non-hydrogen) atoms. The molecule has 0 saturated heterocycles. The van der Waals surface area contributed by atoms with E-state index in [0.29, 0.717) is 27.5 Å². The molecule has 1 amide bonds. The summed E-state index contributed by atoms with van der Waals surface area (Å²) in [7, 11) is 0. The molecule has 2 N–H and O–H groups in total. The van der Waals surface area contributed by atoms with Crippen LogP contribution in [0.3, 0.4) is 0 Å². The number of nitrogens with one attached hydrogen (secondary N) is 2. The second kappa shape index (κ2) is 7.58. The number of halogens is 2. The minimum atomic E-state index is -0.426. The minimum absolute atomic E-state index is 0.0378. The number of anilines is 1. The molecule has 2 aromatic heterocycles. The van der Waals surface area contributed by atoms with Crippen molar-refractivity contribution < 1.29 is 9.21 Å². The van der Waals surface area contributed by atoms with Crippen LogP contribution in [0.1, 0.15) is 59.9 Å². The van der Waals surface area contributed by atoms with Gasteiger partial charge in [-0.25, -0.2) is 0 Å². The molecule has 5 rings (SSSR count). The van der Waals surface area contributed by atoms with E-state index in [1.807, 2.05) is 24.3 Å². The molecule has 0 unspecified atom stereocenters. The van der Waals surface area contributed by atoms with Crippen LogP contribution in [0.2, 0.25) is 10.0 Å². The molecule has 1 aliphatic carbocycles. The highest BCUT2D eigenvalue weighted by Crippen LogP contribution is 2.46. The third kappa shape index (κ3) is 3.67. The first-order valence-corrected chi connectivity index (χ1v) is 12.1. The van der Waals surface area contributed by atoms with Crippen molar-refractivity contribution in [2.45, 2.75) is 46.2 Å². The maximum absolute atomic E-state index is 13.0. The van der Waals surface area contributed by atoms with Crippen LogP contribution in [0.15, 0.2) is 34.7 Å². The van der Waals surface area contributed by atoms with Gasteiger partial charge in [0.25, 0.3) is 5.91 Å². The van der Waals surface area contributed by atoms with Gasteiger partial charge in [0, 0.05) is 10.4 Å². The van der Waals surface area contributed by atoms with Crippen LogP contribution in [0, 0.1) is 11.3 Å². The van der Waals surface area contributed by atoms with Gasteiger partial charge in [0.05, 0.1) is 15.6 Å². The Morgan fingerprint density at radius 1 is 1.13 bits per heavy atom. The summed E-state index contributed by atoms with van der Waals surface area (Å²) in [5.74, 6) is 1.84. The molecule has 0 radical (unpaired) electrons. The first-order valence-electron chi connectivity index (χ1n) is 10.5. The molecular weight excluding hydrogens is 451 g/mol. The number of amides is 1. The number of fused-ring (bicyclic) bond motifs is 3. The Bertz CT molecular complexity index is 1170. The summed E-state index contributed by atoms with van der Waals surface area (Å²) in [6.45, 7) is 6.91. The third-order valence-corrected chi connectivity index (χ3v) is 8.40. The molecule has 162 valence electrons. The van der Waals surface area contributed by atoms with Crippen molar-refractivity contribution in [1.82, 2.24) is 5.32 Å². The number of benzene rings is 1. The van der Waals surface area contributed by atoms with E-state index in [1.165, 1.54) is 10.4 Å². The van der Waals surface area contributed by atoms with Crippen molar-refractivity contribution in [3.05, 3.63) is 62.1 Å². The SMILES string of the molecule is CC(C)(C)[C@H]1CCc2c(sc3c2C(=O)N[C@@H](c2ccc(-c4cccc(Cl)c4Cl)o2)N3)C1. The second-order valence-corrected chi connectivity index (χ2v) is 11.3. The van der Waals surface area contributed by atoms with Gasteiger partial charge in [-0.1, -0.05) is 50.0 Å². The molecular formula is C24H24Cl2N2O2S. The Morgan fingerprint density at radius 3 is 2.71 bits per heavy atom. The van der Waals surface area contributed by atoms with Crippen LogP contribution in [0.4, 0.5) is 5.00 Å². The van der Waals surface area contributed by atoms with Gasteiger partial charge < -0.3 is 15.1 Å². The van der Waals surface area contributed by atoms with E-state index in [4.69, 9.17) is 27.6 Å². The molecule has 1 aliphatic heterocycles. The molecule has 3 aromatic rings. The van der Waals surface area contributed by atoms with Crippen molar-refractivity contribution >= 4 is 45.4 Å². The van der Waals surface area contributed by atoms with Crippen molar-refractivity contribution in [3.63, 3.8) is 0 Å². The molecule has 0 fully saturated rings. The van der Waals surface area contributed by atoms with Gasteiger partial charge in [-0.15, -0.1) is 11.3 Å². The topological polar surface area (TPSA) is 54.3 Å². The number of carbonyl (C=O) groups is 1. The first kappa shape index (κ1) is 20.9. The Morgan fingerprint density at radius 2 is 1.94 bits per heavy atom. The second-order valence-electron chi connectivity index (χ2n) is 9.37. The summed E-state index contributed by atoms with van der Waals surface area (Å²) in [5.41, 5.74) is 3.03. The monoisotopic (exact) mass is 474 g/mol. The lowest BCUT2D eigenvalue weighted by Crippen LogP contribution is -2.38. The van der Waals surface area contributed by atoms with Gasteiger partial charge >= 0.3 is 0 Å². The third-order valence-electron chi connectivity index (χ3n) is 6.40. The normalized spacial score (nSPS) is 20.6. The van der Waals surface area contributed by atoms with Crippen molar-refractivity contribution in [1.29, 1.82) is 0 Å². The molecule has 4 nitrogen and oxygen atoms in total. The van der Waals surface area contributed by atoms with Gasteiger partial charge in [0.15, 0.2) is 6.17 Å². The number of hydrogen-bond acceptors (Lipinski definition) is 4. The Hall–Kier alpha value is -1.95. The summed E-state index contributed by atoms with van der Waals surface area (Å²) in [4.78, 5) is 14.4. The fourth-order valence-corrected chi connectivity index (χ4v) is 6.27. The molecule has 1 aromatic carbocycles. The van der Waals surface area contributed by atoms with Gasteiger partial charge in [-0.05, 0) is 60.4 Å². The van der Waals surface area contributed by atoms with E-state index in [2.05, 4.69) is 31.4 Å². The summed E-state index contributed by atoms with van der Waals surface area (Å²) < 4.78 is 6.06. The van der Waals surface area contributed by atoms with E-state index in [-0.39, 0.29) is 11.3 Å². The fourth-order valence-electron chi connectivity index (χ4n) is 4.53. The Balaban J connectivity index is 1.43. The van der Waals surface area contributed by atoms with E-state index < -0.39 is 6.17 Å². The molecule has 2 atom stereocenters. The standard InChI is InChI=1S/C24H24Cl2N2O2S/c1-24(2,3)12-7-8-14-18(11-12)31-23-19(14)22(29)27-21(28-23)17-10-9-16(30-17)13-5-4-6-15(25)20(13)26/h4-6,9-10,12,21,28H,7-8,11H2,1-3H3,(H,27,29)/t12-,21+/m0/s1. The maximum Gasteiger partial charge on any atom is 0.256 e. The van der Waals surface area contributed by atoms with Crippen molar-refractivity contribution in [2.75, 3.05) is 5.32 Å². The van der Waals surface area contributed by atoms with Crippen LogP contribution in [-0.4, -0.2) is 5.91 Å². The van der Waals surface area contributed by atoms with Gasteiger partial charge in [0.2, 0.25) is 0 Å². The zero-order valence-electron chi connectivity index (χ0n) is 17.6. The predicted molar refractivity (Wildman–Crippen MR) is 127 cm³/mol. The fraction of sp³-hybridized carbons (Fsp3) is 0.375. The Labute approximate surface area is 195 Å². The van der Waals surface area contributed by atoms with Gasteiger partial charge in [0.1, 0.15) is 16.5 Å². The number of rotatable bonds is 2. The van der Waals surface area contributed by atoms with Gasteiger partial charge in [-0.2, -0.15) is 0 Å². The molecule has 3 heterocycles. The summed E-state index contributed by atoms with van der Waals surface area (Å²) >= 11 is 14.2. The lowest BCUT2D eigenvalue weighted by molar-refractivity contribution is 0.0930. The van der Waals surface area contributed by atoms with Crippen molar-refractivity contribution in [2.24, 2.45) is 11.3 Å². The molecule has 0 spiro atoms. The highest BCUT2D eigenvalue weighted by Gasteiger charge is 2.37. The largest absolute Gasteiger partial charge is 0.457 e. The molecule has 2 aliphatic rings. The van der Waals surface area contributed by atoms with Crippen molar-refractivity contribution in [3.8, 4) is 11.3 Å². The zero-order valence-corrected chi connectivity index (χ0v) is 20.0. The lowest BCUT2D eigenvalue weighted by atomic mass is 9.72. The van der Waals surface area contributed by atoms with E-state index in [0.717, 1.165) is 35.4 Å².